The van der Waals surface area contributed by atoms with Crippen LogP contribution in [0.5, 0.6) is 0 Å². The van der Waals surface area contributed by atoms with Gasteiger partial charge in [0.2, 0.25) is 0 Å². The summed E-state index contributed by atoms with van der Waals surface area (Å²) in [5.74, 6) is 0. The molecule has 1 aromatic carbocycles. The number of hydrogen-bond acceptors (Lipinski definition) is 2. The lowest BCUT2D eigenvalue weighted by Gasteiger charge is -2.38. The van der Waals surface area contributed by atoms with Crippen LogP contribution in [0, 0.1) is 0 Å². The molecule has 0 aliphatic carbocycles. The molecule has 2 nitrogen and oxygen atoms in total. The Balaban J connectivity index is 2.30. The molecule has 2 rings (SSSR count). The first-order chi connectivity index (χ1) is 8.45. The molecule has 0 aromatic heterocycles. The van der Waals surface area contributed by atoms with Crippen molar-refractivity contribution < 1.29 is 0 Å². The molecule has 0 saturated carbocycles. The van der Waals surface area contributed by atoms with E-state index in [1.54, 1.807) is 0 Å². The molecule has 18 heavy (non-hydrogen) atoms. The van der Waals surface area contributed by atoms with Crippen LogP contribution in [0.4, 0.5) is 0 Å². The smallest absolute Gasteiger partial charge is 0.0548 e. The highest BCUT2D eigenvalue weighted by Gasteiger charge is 2.36. The monoisotopic (exact) mass is 330 g/mol. The first kappa shape index (κ1) is 14.3. The third-order valence-electron chi connectivity index (χ3n) is 3.89. The van der Waals surface area contributed by atoms with Crippen molar-refractivity contribution in [1.82, 2.24) is 4.90 Å². The number of nitrogens with two attached hydrogens (primary N) is 1. The number of likely N-dealkylation sites (tertiary alicyclic amines) is 1. The lowest BCUT2D eigenvalue weighted by Crippen LogP contribution is -2.43. The number of hydrogen-bond donors (Lipinski definition) is 1. The Morgan fingerprint density at radius 2 is 2.22 bits per heavy atom. The summed E-state index contributed by atoms with van der Waals surface area (Å²) in [6.45, 7) is 6.36. The molecule has 0 spiro atoms. The van der Waals surface area contributed by atoms with Crippen LogP contribution in [0.3, 0.4) is 0 Å². The van der Waals surface area contributed by atoms with Crippen molar-refractivity contribution in [1.29, 1.82) is 0 Å². The fourth-order valence-electron chi connectivity index (χ4n) is 2.87. The van der Waals surface area contributed by atoms with Gasteiger partial charge in [-0.2, -0.15) is 0 Å². The molecule has 2 N–H and O–H groups in total. The van der Waals surface area contributed by atoms with E-state index in [0.29, 0.717) is 6.54 Å². The fraction of sp³-hybridized carbons (Fsp3) is 0.571. The first-order valence-electron chi connectivity index (χ1n) is 6.37. The minimum Gasteiger partial charge on any atom is -0.329 e. The fourth-order valence-corrected chi connectivity index (χ4v) is 3.38. The van der Waals surface area contributed by atoms with Gasteiger partial charge in [-0.05, 0) is 66.9 Å². The van der Waals surface area contributed by atoms with Crippen molar-refractivity contribution in [3.63, 3.8) is 0 Å². The molecule has 1 atom stereocenters. The summed E-state index contributed by atoms with van der Waals surface area (Å²) in [6, 6.07) is 6.39. The minimum atomic E-state index is 0.232. The number of rotatable bonds is 3. The Hall–Kier alpha value is -0.0900. The normalized spacial score (nSPS) is 21.2. The van der Waals surface area contributed by atoms with E-state index in [9.17, 15) is 0 Å². The van der Waals surface area contributed by atoms with Gasteiger partial charge in [-0.3, -0.25) is 4.90 Å². The van der Waals surface area contributed by atoms with Gasteiger partial charge in [0.25, 0.3) is 0 Å². The van der Waals surface area contributed by atoms with Gasteiger partial charge in [0, 0.05) is 22.6 Å². The van der Waals surface area contributed by atoms with E-state index in [2.05, 4.69) is 46.8 Å². The maximum absolute atomic E-state index is 6.05. The standard InChI is InChI=1S/C14H20BrClN2/c1-14(2)6-3-7-18(14)13(9-17)10-4-5-12(16)11(15)8-10/h4-5,8,13H,3,6-7,9,17H2,1-2H3. The molecular formula is C14H20BrClN2. The molecule has 4 heteroatoms. The van der Waals surface area contributed by atoms with Gasteiger partial charge in [0.05, 0.1) is 5.02 Å². The van der Waals surface area contributed by atoms with Gasteiger partial charge in [0.15, 0.2) is 0 Å². The first-order valence-corrected chi connectivity index (χ1v) is 7.54. The Kier molecular flexibility index (Phi) is 4.37. The van der Waals surface area contributed by atoms with Crippen LogP contribution in [0.1, 0.15) is 38.3 Å². The molecule has 1 heterocycles. The minimum absolute atomic E-state index is 0.232. The maximum atomic E-state index is 6.05. The van der Waals surface area contributed by atoms with Gasteiger partial charge in [-0.25, -0.2) is 0 Å². The molecule has 1 fully saturated rings. The van der Waals surface area contributed by atoms with E-state index < -0.39 is 0 Å². The molecule has 1 aromatic rings. The van der Waals surface area contributed by atoms with E-state index >= 15 is 0 Å². The Morgan fingerprint density at radius 1 is 1.50 bits per heavy atom. The topological polar surface area (TPSA) is 29.3 Å². The Labute approximate surface area is 123 Å². The van der Waals surface area contributed by atoms with Crippen molar-refractivity contribution in [2.75, 3.05) is 13.1 Å². The van der Waals surface area contributed by atoms with Crippen LogP contribution >= 0.6 is 27.5 Å². The van der Waals surface area contributed by atoms with E-state index in [0.717, 1.165) is 16.0 Å². The lowest BCUT2D eigenvalue weighted by atomic mass is 9.97. The second kappa shape index (κ2) is 5.49. The molecule has 0 radical (unpaired) electrons. The van der Waals surface area contributed by atoms with Crippen LogP contribution in [0.15, 0.2) is 22.7 Å². The summed E-state index contributed by atoms with van der Waals surface area (Å²) in [6.07, 6.45) is 2.48. The predicted octanol–water partition coefficient (Wildman–Crippen LogP) is 3.98. The largest absolute Gasteiger partial charge is 0.329 e. The van der Waals surface area contributed by atoms with E-state index in [-0.39, 0.29) is 11.6 Å². The number of benzene rings is 1. The van der Waals surface area contributed by atoms with Crippen molar-refractivity contribution in [2.24, 2.45) is 5.73 Å². The lowest BCUT2D eigenvalue weighted by molar-refractivity contribution is 0.119. The van der Waals surface area contributed by atoms with Gasteiger partial charge >= 0.3 is 0 Å². The summed E-state index contributed by atoms with van der Waals surface area (Å²) in [5.41, 5.74) is 7.48. The van der Waals surface area contributed by atoms with Crippen molar-refractivity contribution in [2.45, 2.75) is 38.3 Å². The van der Waals surface area contributed by atoms with E-state index in [4.69, 9.17) is 17.3 Å². The summed E-state index contributed by atoms with van der Waals surface area (Å²) in [7, 11) is 0. The second-order valence-electron chi connectivity index (χ2n) is 5.53. The third-order valence-corrected chi connectivity index (χ3v) is 5.11. The summed E-state index contributed by atoms with van der Waals surface area (Å²) in [4.78, 5) is 2.52. The van der Waals surface area contributed by atoms with Crippen LogP contribution in [-0.4, -0.2) is 23.5 Å². The van der Waals surface area contributed by atoms with Crippen LogP contribution in [-0.2, 0) is 0 Å². The highest BCUT2D eigenvalue weighted by molar-refractivity contribution is 9.10. The average molecular weight is 332 g/mol. The van der Waals surface area contributed by atoms with Gasteiger partial charge in [-0.15, -0.1) is 0 Å². The molecule has 1 aliphatic heterocycles. The number of nitrogens with zero attached hydrogens (tertiary/aromatic N) is 1. The van der Waals surface area contributed by atoms with Crippen molar-refractivity contribution >= 4 is 27.5 Å². The second-order valence-corrected chi connectivity index (χ2v) is 6.80. The van der Waals surface area contributed by atoms with Crippen LogP contribution in [0.25, 0.3) is 0 Å². The molecular weight excluding hydrogens is 312 g/mol. The van der Waals surface area contributed by atoms with Crippen molar-refractivity contribution in [3.8, 4) is 0 Å². The van der Waals surface area contributed by atoms with Gasteiger partial charge in [-0.1, -0.05) is 17.7 Å². The van der Waals surface area contributed by atoms with E-state index in [1.165, 1.54) is 18.4 Å². The predicted molar refractivity (Wildman–Crippen MR) is 81.0 cm³/mol. The SMILES string of the molecule is CC1(C)CCCN1C(CN)c1ccc(Cl)c(Br)c1. The van der Waals surface area contributed by atoms with Crippen LogP contribution in [0.2, 0.25) is 5.02 Å². The Bertz CT molecular complexity index is 434. The molecule has 0 bridgehead atoms. The molecule has 1 unspecified atom stereocenters. The maximum Gasteiger partial charge on any atom is 0.0548 e. The molecule has 1 aliphatic rings. The average Bonchev–Trinajstić information content (AvgIpc) is 2.65. The van der Waals surface area contributed by atoms with Gasteiger partial charge < -0.3 is 5.73 Å². The van der Waals surface area contributed by atoms with Crippen LogP contribution < -0.4 is 5.73 Å². The van der Waals surface area contributed by atoms with Crippen molar-refractivity contribution in [3.05, 3.63) is 33.3 Å². The zero-order valence-corrected chi connectivity index (χ0v) is 13.3. The summed E-state index contributed by atoms with van der Waals surface area (Å²) >= 11 is 9.54. The quantitative estimate of drug-likeness (QED) is 0.908. The zero-order valence-electron chi connectivity index (χ0n) is 10.9. The van der Waals surface area contributed by atoms with Gasteiger partial charge in [0.1, 0.15) is 0 Å². The highest BCUT2D eigenvalue weighted by Crippen LogP contribution is 2.37. The summed E-state index contributed by atoms with van der Waals surface area (Å²) < 4.78 is 0.942. The Morgan fingerprint density at radius 3 is 2.72 bits per heavy atom. The molecule has 1 saturated heterocycles. The zero-order chi connectivity index (χ0) is 13.3. The highest BCUT2D eigenvalue weighted by atomic mass is 79.9. The van der Waals surface area contributed by atoms with E-state index in [1.807, 2.05) is 6.07 Å². The molecule has 0 amide bonds. The third kappa shape index (κ3) is 2.74. The summed E-state index contributed by atoms with van der Waals surface area (Å²) in [5, 5.41) is 0.746. The molecule has 100 valence electrons. The number of halogens is 2.